The highest BCUT2D eigenvalue weighted by Gasteiger charge is 2.42. The maximum absolute atomic E-state index is 12.5. The summed E-state index contributed by atoms with van der Waals surface area (Å²) in [5.41, 5.74) is 9.97. The Kier molecular flexibility index (Phi) is 6.98. The molecular weight excluding hydrogens is 272 g/mol. The van der Waals surface area contributed by atoms with Crippen molar-refractivity contribution in [1.82, 2.24) is 5.32 Å². The predicted molar refractivity (Wildman–Crippen MR) is 79.6 cm³/mol. The molecular formula is C14H26N4O3. The minimum absolute atomic E-state index is 0.000893. The van der Waals surface area contributed by atoms with Crippen LogP contribution in [0.15, 0.2) is 5.16 Å². The van der Waals surface area contributed by atoms with Gasteiger partial charge in [0.1, 0.15) is 5.41 Å². The Morgan fingerprint density at radius 2 is 1.71 bits per heavy atom. The minimum atomic E-state index is -0.894. The van der Waals surface area contributed by atoms with E-state index >= 15 is 0 Å². The van der Waals surface area contributed by atoms with Gasteiger partial charge in [0, 0.05) is 13.0 Å². The summed E-state index contributed by atoms with van der Waals surface area (Å²) in [6, 6.07) is 0. The monoisotopic (exact) mass is 298 g/mol. The van der Waals surface area contributed by atoms with Crippen molar-refractivity contribution in [3.05, 3.63) is 0 Å². The van der Waals surface area contributed by atoms with Gasteiger partial charge in [-0.2, -0.15) is 0 Å². The maximum Gasteiger partial charge on any atom is 0.233 e. The Morgan fingerprint density at radius 1 is 1.10 bits per heavy atom. The number of oxime groups is 1. The van der Waals surface area contributed by atoms with Crippen molar-refractivity contribution in [2.75, 3.05) is 6.54 Å². The summed E-state index contributed by atoms with van der Waals surface area (Å²) in [5.74, 6) is -0.518. The fraction of sp³-hybridized carbons (Fsp3) is 0.786. The van der Waals surface area contributed by atoms with Crippen LogP contribution in [0.3, 0.4) is 0 Å². The Morgan fingerprint density at radius 3 is 2.24 bits per heavy atom. The molecule has 7 heteroatoms. The first-order chi connectivity index (χ1) is 10.0. The molecule has 0 bridgehead atoms. The van der Waals surface area contributed by atoms with Crippen molar-refractivity contribution in [3.8, 4) is 0 Å². The van der Waals surface area contributed by atoms with Crippen molar-refractivity contribution >= 4 is 17.6 Å². The second-order valence-electron chi connectivity index (χ2n) is 5.66. The summed E-state index contributed by atoms with van der Waals surface area (Å²) in [5, 5.41) is 14.9. The number of hydrogen-bond donors (Lipinski definition) is 4. The molecule has 0 spiro atoms. The molecule has 0 aromatic rings. The zero-order valence-corrected chi connectivity index (χ0v) is 12.4. The molecule has 1 fully saturated rings. The van der Waals surface area contributed by atoms with E-state index in [0.29, 0.717) is 38.6 Å². The molecule has 0 aromatic carbocycles. The SMILES string of the molecule is NC(=O)CCCCNC(=O)C1(C(N)=NO)CCCCCC1. The molecule has 1 aliphatic carbocycles. The lowest BCUT2D eigenvalue weighted by atomic mass is 9.78. The number of carbonyl (C=O) groups excluding carboxylic acids is 2. The molecule has 0 aliphatic heterocycles. The van der Waals surface area contributed by atoms with Crippen LogP contribution >= 0.6 is 0 Å². The van der Waals surface area contributed by atoms with Gasteiger partial charge in [-0.3, -0.25) is 9.59 Å². The molecule has 120 valence electrons. The van der Waals surface area contributed by atoms with Crippen LogP contribution < -0.4 is 16.8 Å². The number of hydrogen-bond acceptors (Lipinski definition) is 4. The fourth-order valence-electron chi connectivity index (χ4n) is 2.82. The van der Waals surface area contributed by atoms with Crippen molar-refractivity contribution in [2.45, 2.75) is 57.8 Å². The third-order valence-corrected chi connectivity index (χ3v) is 4.13. The molecule has 21 heavy (non-hydrogen) atoms. The Hall–Kier alpha value is -1.79. The van der Waals surface area contributed by atoms with Crippen molar-refractivity contribution in [2.24, 2.45) is 22.0 Å². The minimum Gasteiger partial charge on any atom is -0.409 e. The van der Waals surface area contributed by atoms with Gasteiger partial charge in [-0.15, -0.1) is 0 Å². The summed E-state index contributed by atoms with van der Waals surface area (Å²) in [7, 11) is 0. The number of carbonyl (C=O) groups is 2. The van der Waals surface area contributed by atoms with E-state index in [-0.39, 0.29) is 17.6 Å². The molecule has 0 unspecified atom stereocenters. The van der Waals surface area contributed by atoms with Crippen LogP contribution in [-0.2, 0) is 9.59 Å². The lowest BCUT2D eigenvalue weighted by Crippen LogP contribution is -2.49. The van der Waals surface area contributed by atoms with Gasteiger partial charge in [-0.25, -0.2) is 0 Å². The van der Waals surface area contributed by atoms with E-state index in [9.17, 15) is 9.59 Å². The highest BCUT2D eigenvalue weighted by molar-refractivity contribution is 6.06. The van der Waals surface area contributed by atoms with Crippen molar-refractivity contribution in [3.63, 3.8) is 0 Å². The number of unbranched alkanes of at least 4 members (excludes halogenated alkanes) is 1. The van der Waals surface area contributed by atoms with E-state index in [1.54, 1.807) is 0 Å². The highest BCUT2D eigenvalue weighted by Crippen LogP contribution is 2.35. The number of amides is 2. The average molecular weight is 298 g/mol. The van der Waals surface area contributed by atoms with Gasteiger partial charge in [0.15, 0.2) is 5.84 Å². The van der Waals surface area contributed by atoms with Gasteiger partial charge in [-0.1, -0.05) is 30.8 Å². The van der Waals surface area contributed by atoms with E-state index in [0.717, 1.165) is 25.7 Å². The summed E-state index contributed by atoms with van der Waals surface area (Å²) in [6.07, 6.45) is 6.77. The standard InChI is InChI=1S/C14H26N4O3/c15-11(19)7-3-6-10-17-13(20)14(12(16)18-21)8-4-1-2-5-9-14/h21H,1-10H2,(H2,15,19)(H2,16,18)(H,17,20). The lowest BCUT2D eigenvalue weighted by Gasteiger charge is -2.29. The zero-order chi connectivity index (χ0) is 15.7. The number of nitrogens with one attached hydrogen (secondary N) is 1. The molecule has 0 atom stereocenters. The van der Waals surface area contributed by atoms with Gasteiger partial charge >= 0.3 is 0 Å². The van der Waals surface area contributed by atoms with E-state index in [1.165, 1.54) is 0 Å². The van der Waals surface area contributed by atoms with Crippen LogP contribution in [0.4, 0.5) is 0 Å². The van der Waals surface area contributed by atoms with Gasteiger partial charge < -0.3 is 22.0 Å². The zero-order valence-electron chi connectivity index (χ0n) is 12.4. The van der Waals surface area contributed by atoms with E-state index in [1.807, 2.05) is 0 Å². The first-order valence-corrected chi connectivity index (χ1v) is 7.57. The molecule has 0 aromatic heterocycles. The van der Waals surface area contributed by atoms with Crippen molar-refractivity contribution < 1.29 is 14.8 Å². The Balaban J connectivity index is 2.58. The molecule has 1 rings (SSSR count). The van der Waals surface area contributed by atoms with Crippen LogP contribution in [-0.4, -0.2) is 29.4 Å². The van der Waals surface area contributed by atoms with Crippen LogP contribution in [0.1, 0.15) is 57.8 Å². The van der Waals surface area contributed by atoms with Crippen molar-refractivity contribution in [1.29, 1.82) is 0 Å². The third kappa shape index (κ3) is 4.91. The van der Waals surface area contributed by atoms with Gasteiger partial charge in [0.2, 0.25) is 11.8 Å². The molecule has 2 amide bonds. The summed E-state index contributed by atoms with van der Waals surface area (Å²) < 4.78 is 0. The smallest absolute Gasteiger partial charge is 0.233 e. The van der Waals surface area contributed by atoms with Crippen LogP contribution in [0.25, 0.3) is 0 Å². The lowest BCUT2D eigenvalue weighted by molar-refractivity contribution is -0.128. The first kappa shape index (κ1) is 17.3. The molecule has 7 nitrogen and oxygen atoms in total. The topological polar surface area (TPSA) is 131 Å². The normalized spacial score (nSPS) is 18.8. The number of rotatable bonds is 7. The molecule has 1 saturated carbocycles. The number of primary amides is 1. The van der Waals surface area contributed by atoms with Gasteiger partial charge in [0.05, 0.1) is 0 Å². The van der Waals surface area contributed by atoms with E-state index in [2.05, 4.69) is 10.5 Å². The second kappa shape index (κ2) is 8.49. The summed E-state index contributed by atoms with van der Waals surface area (Å²) >= 11 is 0. The summed E-state index contributed by atoms with van der Waals surface area (Å²) in [6.45, 7) is 0.465. The molecule has 0 heterocycles. The highest BCUT2D eigenvalue weighted by atomic mass is 16.4. The summed E-state index contributed by atoms with van der Waals surface area (Å²) in [4.78, 5) is 23.1. The second-order valence-corrected chi connectivity index (χ2v) is 5.66. The third-order valence-electron chi connectivity index (χ3n) is 4.13. The van der Waals surface area contributed by atoms with Crippen LogP contribution in [0.5, 0.6) is 0 Å². The number of nitrogens with zero attached hydrogens (tertiary/aromatic N) is 1. The molecule has 0 radical (unpaired) electrons. The largest absolute Gasteiger partial charge is 0.409 e. The average Bonchev–Trinajstić information content (AvgIpc) is 2.72. The molecule has 6 N–H and O–H groups in total. The number of amidine groups is 1. The fourth-order valence-corrected chi connectivity index (χ4v) is 2.82. The number of nitrogens with two attached hydrogens (primary N) is 2. The predicted octanol–water partition coefficient (Wildman–Crippen LogP) is 0.845. The molecule has 1 aliphatic rings. The van der Waals surface area contributed by atoms with Gasteiger partial charge in [-0.05, 0) is 25.7 Å². The quantitative estimate of drug-likeness (QED) is 0.138. The molecule has 0 saturated heterocycles. The van der Waals surface area contributed by atoms with Crippen LogP contribution in [0.2, 0.25) is 0 Å². The van der Waals surface area contributed by atoms with Gasteiger partial charge in [0.25, 0.3) is 0 Å². The Labute approximate surface area is 125 Å². The van der Waals surface area contributed by atoms with E-state index in [4.69, 9.17) is 16.7 Å². The van der Waals surface area contributed by atoms with Crippen LogP contribution in [0, 0.1) is 5.41 Å². The first-order valence-electron chi connectivity index (χ1n) is 7.57. The Bertz CT molecular complexity index is 388. The maximum atomic E-state index is 12.5. The van der Waals surface area contributed by atoms with E-state index < -0.39 is 5.41 Å².